The van der Waals surface area contributed by atoms with E-state index in [9.17, 15) is 4.79 Å². The van der Waals surface area contributed by atoms with E-state index in [1.165, 1.54) is 10.5 Å². The Morgan fingerprint density at radius 3 is 2.84 bits per heavy atom. The third kappa shape index (κ3) is 4.25. The van der Waals surface area contributed by atoms with Crippen LogP contribution in [0.3, 0.4) is 0 Å². The Morgan fingerprint density at radius 1 is 1.53 bits per heavy atom. The van der Waals surface area contributed by atoms with Crippen molar-refractivity contribution in [1.29, 1.82) is 0 Å². The molecule has 1 aliphatic carbocycles. The molecule has 1 aromatic rings. The summed E-state index contributed by atoms with van der Waals surface area (Å²) in [4.78, 5) is 12.9. The van der Waals surface area contributed by atoms with Gasteiger partial charge in [-0.15, -0.1) is 11.8 Å². The lowest BCUT2D eigenvalue weighted by Crippen LogP contribution is -2.54. The first-order chi connectivity index (χ1) is 8.99. The molecule has 0 aromatic heterocycles. The van der Waals surface area contributed by atoms with Crippen molar-refractivity contribution in [3.63, 3.8) is 0 Å². The topological polar surface area (TPSA) is 55.1 Å². The molecule has 3 N–H and O–H groups in total. The molecule has 0 saturated heterocycles. The SMILES string of the molecule is Cc1cccc(SCCC(C)(NC2CC2)C(N)=O)c1. The van der Waals surface area contributed by atoms with Crippen molar-refractivity contribution in [2.24, 2.45) is 5.73 Å². The highest BCUT2D eigenvalue weighted by Crippen LogP contribution is 2.27. The van der Waals surface area contributed by atoms with E-state index in [4.69, 9.17) is 5.73 Å². The lowest BCUT2D eigenvalue weighted by Gasteiger charge is -2.27. The number of benzene rings is 1. The second-order valence-corrected chi connectivity index (χ2v) is 6.70. The highest BCUT2D eigenvalue weighted by atomic mass is 32.2. The Kier molecular flexibility index (Phi) is 4.53. The summed E-state index contributed by atoms with van der Waals surface area (Å²) in [6.07, 6.45) is 3.08. The Morgan fingerprint density at radius 2 is 2.26 bits per heavy atom. The third-order valence-corrected chi connectivity index (χ3v) is 4.50. The van der Waals surface area contributed by atoms with Gasteiger partial charge in [0.1, 0.15) is 0 Å². The first-order valence-electron chi connectivity index (χ1n) is 6.77. The highest BCUT2D eigenvalue weighted by molar-refractivity contribution is 7.99. The van der Waals surface area contributed by atoms with Crippen LogP contribution in [0.2, 0.25) is 0 Å². The molecule has 2 rings (SSSR count). The number of amides is 1. The van der Waals surface area contributed by atoms with Gasteiger partial charge in [0.15, 0.2) is 0 Å². The van der Waals surface area contributed by atoms with Crippen LogP contribution in [-0.4, -0.2) is 23.2 Å². The highest BCUT2D eigenvalue weighted by Gasteiger charge is 2.36. The van der Waals surface area contributed by atoms with Crippen molar-refractivity contribution < 1.29 is 4.79 Å². The summed E-state index contributed by atoms with van der Waals surface area (Å²) in [5.41, 5.74) is 6.23. The molecular weight excluding hydrogens is 256 g/mol. The molecule has 1 saturated carbocycles. The molecule has 0 bridgehead atoms. The number of thioether (sulfide) groups is 1. The largest absolute Gasteiger partial charge is 0.368 e. The fourth-order valence-corrected chi connectivity index (χ4v) is 3.21. The van der Waals surface area contributed by atoms with Crippen molar-refractivity contribution in [2.45, 2.75) is 49.6 Å². The molecule has 0 radical (unpaired) electrons. The van der Waals surface area contributed by atoms with Crippen molar-refractivity contribution in [2.75, 3.05) is 5.75 Å². The van der Waals surface area contributed by atoms with E-state index in [-0.39, 0.29) is 5.91 Å². The molecule has 3 nitrogen and oxygen atoms in total. The van der Waals surface area contributed by atoms with Gasteiger partial charge in [-0.3, -0.25) is 4.79 Å². The Hall–Kier alpha value is -1.00. The van der Waals surface area contributed by atoms with E-state index in [0.717, 1.165) is 25.0 Å². The summed E-state index contributed by atoms with van der Waals surface area (Å²) < 4.78 is 0. The zero-order valence-electron chi connectivity index (χ0n) is 11.6. The van der Waals surface area contributed by atoms with Gasteiger partial charge in [0.2, 0.25) is 5.91 Å². The number of rotatable bonds is 7. The van der Waals surface area contributed by atoms with Crippen molar-refractivity contribution in [3.8, 4) is 0 Å². The van der Waals surface area contributed by atoms with Crippen molar-refractivity contribution in [3.05, 3.63) is 29.8 Å². The molecule has 1 fully saturated rings. The molecule has 1 aliphatic rings. The van der Waals surface area contributed by atoms with Crippen LogP contribution in [0.5, 0.6) is 0 Å². The van der Waals surface area contributed by atoms with Gasteiger partial charge in [-0.2, -0.15) is 0 Å². The number of nitrogens with one attached hydrogen (secondary N) is 1. The first kappa shape index (κ1) is 14.4. The van der Waals surface area contributed by atoms with E-state index < -0.39 is 5.54 Å². The first-order valence-corrected chi connectivity index (χ1v) is 7.75. The molecule has 0 spiro atoms. The molecule has 1 atom stereocenters. The number of aryl methyl sites for hydroxylation is 1. The summed E-state index contributed by atoms with van der Waals surface area (Å²) >= 11 is 1.78. The standard InChI is InChI=1S/C15H22N2OS/c1-11-4-3-5-13(10-11)19-9-8-15(2,14(16)18)17-12-6-7-12/h3-5,10,12,17H,6-9H2,1-2H3,(H2,16,18). The van der Waals surface area contributed by atoms with Gasteiger partial charge in [-0.05, 0) is 45.2 Å². The number of nitrogens with two attached hydrogens (primary N) is 1. The monoisotopic (exact) mass is 278 g/mol. The normalized spacial score (nSPS) is 18.0. The zero-order chi connectivity index (χ0) is 13.9. The van der Waals surface area contributed by atoms with Gasteiger partial charge >= 0.3 is 0 Å². The Bertz CT molecular complexity index is 459. The van der Waals surface area contributed by atoms with Crippen LogP contribution >= 0.6 is 11.8 Å². The maximum absolute atomic E-state index is 11.6. The number of carbonyl (C=O) groups excluding carboxylic acids is 1. The lowest BCUT2D eigenvalue weighted by atomic mass is 9.98. The molecule has 0 aliphatic heterocycles. The van der Waals surface area contributed by atoms with E-state index in [1.807, 2.05) is 6.92 Å². The summed E-state index contributed by atoms with van der Waals surface area (Å²) in [5, 5.41) is 3.38. The average Bonchev–Trinajstić information content (AvgIpc) is 3.12. The molecule has 1 amide bonds. The minimum atomic E-state index is -0.571. The van der Waals surface area contributed by atoms with Gasteiger partial charge in [0.25, 0.3) is 0 Å². The number of hydrogen-bond donors (Lipinski definition) is 2. The van der Waals surface area contributed by atoms with Crippen LogP contribution in [-0.2, 0) is 4.79 Å². The molecule has 104 valence electrons. The van der Waals surface area contributed by atoms with Gasteiger partial charge in [-0.25, -0.2) is 0 Å². The number of primary amides is 1. The Labute approximate surface area is 119 Å². The molecular formula is C15H22N2OS. The van der Waals surface area contributed by atoms with Gasteiger partial charge in [0.05, 0.1) is 5.54 Å². The second kappa shape index (κ2) is 5.97. The number of hydrogen-bond acceptors (Lipinski definition) is 3. The van der Waals surface area contributed by atoms with Crippen LogP contribution in [0.25, 0.3) is 0 Å². The lowest BCUT2D eigenvalue weighted by molar-refractivity contribution is -0.124. The fourth-order valence-electron chi connectivity index (χ4n) is 2.02. The second-order valence-electron chi connectivity index (χ2n) is 5.53. The molecule has 4 heteroatoms. The predicted molar refractivity (Wildman–Crippen MR) is 80.3 cm³/mol. The van der Waals surface area contributed by atoms with Gasteiger partial charge in [0, 0.05) is 16.7 Å². The van der Waals surface area contributed by atoms with Crippen molar-refractivity contribution >= 4 is 17.7 Å². The molecule has 19 heavy (non-hydrogen) atoms. The molecule has 1 aromatic carbocycles. The van der Waals surface area contributed by atoms with E-state index >= 15 is 0 Å². The van der Waals surface area contributed by atoms with Crippen LogP contribution in [0, 0.1) is 6.92 Å². The maximum atomic E-state index is 11.6. The van der Waals surface area contributed by atoms with Crippen LogP contribution in [0.4, 0.5) is 0 Å². The van der Waals surface area contributed by atoms with Gasteiger partial charge < -0.3 is 11.1 Å². The van der Waals surface area contributed by atoms with Crippen molar-refractivity contribution in [1.82, 2.24) is 5.32 Å². The quantitative estimate of drug-likeness (QED) is 0.753. The maximum Gasteiger partial charge on any atom is 0.237 e. The average molecular weight is 278 g/mol. The summed E-state index contributed by atoms with van der Waals surface area (Å²) in [7, 11) is 0. The smallest absolute Gasteiger partial charge is 0.237 e. The minimum absolute atomic E-state index is 0.246. The van der Waals surface area contributed by atoms with Crippen LogP contribution < -0.4 is 11.1 Å². The van der Waals surface area contributed by atoms with E-state index in [2.05, 4.69) is 36.5 Å². The fraction of sp³-hybridized carbons (Fsp3) is 0.533. The molecule has 1 unspecified atom stereocenters. The molecule has 0 heterocycles. The summed E-state index contributed by atoms with van der Waals surface area (Å²) in [6, 6.07) is 8.91. The predicted octanol–water partition coefficient (Wildman–Crippen LogP) is 2.47. The zero-order valence-corrected chi connectivity index (χ0v) is 12.4. The number of carbonyl (C=O) groups is 1. The van der Waals surface area contributed by atoms with E-state index in [1.54, 1.807) is 11.8 Å². The summed E-state index contributed by atoms with van der Waals surface area (Å²) in [5.74, 6) is 0.645. The Balaban J connectivity index is 1.86. The van der Waals surface area contributed by atoms with E-state index in [0.29, 0.717) is 6.04 Å². The van der Waals surface area contributed by atoms with Crippen LogP contribution in [0.15, 0.2) is 29.2 Å². The third-order valence-electron chi connectivity index (χ3n) is 3.50. The summed E-state index contributed by atoms with van der Waals surface area (Å²) in [6.45, 7) is 4.01. The van der Waals surface area contributed by atoms with Crippen LogP contribution in [0.1, 0.15) is 31.7 Å². The minimum Gasteiger partial charge on any atom is -0.368 e. The van der Waals surface area contributed by atoms with Gasteiger partial charge in [-0.1, -0.05) is 17.7 Å².